The van der Waals surface area contributed by atoms with Crippen LogP contribution in [-0.4, -0.2) is 123 Å². The van der Waals surface area contributed by atoms with E-state index in [0.29, 0.717) is 61.6 Å². The number of carboxylic acids is 1. The Labute approximate surface area is 433 Å². The van der Waals surface area contributed by atoms with Gasteiger partial charge < -0.3 is 51.4 Å². The number of ketones is 1. The quantitative estimate of drug-likeness (QED) is 0.0578. The van der Waals surface area contributed by atoms with Gasteiger partial charge in [-0.3, -0.25) is 4.79 Å². The summed E-state index contributed by atoms with van der Waals surface area (Å²) in [6, 6.07) is 8.21. The van der Waals surface area contributed by atoms with Crippen LogP contribution >= 0.6 is 0 Å². The smallest absolute Gasteiger partial charge is 0.407 e. The van der Waals surface area contributed by atoms with E-state index in [0.717, 1.165) is 104 Å². The molecule has 7 N–H and O–H groups in total. The minimum Gasteiger partial charge on any atom is -0.476 e. The van der Waals surface area contributed by atoms with Gasteiger partial charge in [-0.1, -0.05) is 24.3 Å². The Kier molecular flexibility index (Phi) is 23.0. The van der Waals surface area contributed by atoms with E-state index in [1.165, 1.54) is 18.0 Å². The second kappa shape index (κ2) is 28.3. The summed E-state index contributed by atoms with van der Waals surface area (Å²) in [7, 11) is 4.27. The summed E-state index contributed by atoms with van der Waals surface area (Å²) >= 11 is 0. The predicted octanol–water partition coefficient (Wildman–Crippen LogP) is 8.40. The Hall–Kier alpha value is -6.24. The maximum atomic E-state index is 13.1. The number of nitrogens with one attached hydrogen (secondary N) is 4. The van der Waals surface area contributed by atoms with E-state index in [1.807, 2.05) is 81.4 Å². The number of aromatic carboxylic acids is 1. The first-order valence-electron chi connectivity index (χ1n) is 25.5. The summed E-state index contributed by atoms with van der Waals surface area (Å²) in [6.07, 6.45) is 10.8. The number of likely N-dealkylation sites (tertiary alicyclic amines) is 2. The third-order valence-corrected chi connectivity index (χ3v) is 12.6. The van der Waals surface area contributed by atoms with E-state index in [4.69, 9.17) is 20.3 Å². The number of benzene rings is 2. The molecule has 2 saturated heterocycles. The Morgan fingerprint density at radius 1 is 0.616 bits per heavy atom. The van der Waals surface area contributed by atoms with Crippen LogP contribution in [0.3, 0.4) is 0 Å². The second-order valence-electron chi connectivity index (χ2n) is 21.3. The van der Waals surface area contributed by atoms with Gasteiger partial charge in [0.25, 0.3) is 0 Å². The fourth-order valence-corrected chi connectivity index (χ4v) is 8.73. The number of carboxylic acid groups (broad SMARTS) is 1. The largest absolute Gasteiger partial charge is 0.476 e. The highest BCUT2D eigenvalue weighted by Crippen LogP contribution is 2.23. The van der Waals surface area contributed by atoms with Gasteiger partial charge >= 0.3 is 18.2 Å². The van der Waals surface area contributed by atoms with Crippen LogP contribution in [0.15, 0.2) is 49.1 Å². The zero-order valence-electron chi connectivity index (χ0n) is 45.5. The van der Waals surface area contributed by atoms with Crippen molar-refractivity contribution in [2.24, 2.45) is 17.6 Å². The second-order valence-corrected chi connectivity index (χ2v) is 21.3. The van der Waals surface area contributed by atoms with E-state index < -0.39 is 29.4 Å². The summed E-state index contributed by atoms with van der Waals surface area (Å²) in [6.45, 7) is 26.6. The van der Waals surface area contributed by atoms with Crippen molar-refractivity contribution in [3.8, 4) is 0 Å². The zero-order valence-corrected chi connectivity index (χ0v) is 45.5. The van der Waals surface area contributed by atoms with Crippen molar-refractivity contribution >= 4 is 35.6 Å². The van der Waals surface area contributed by atoms with Crippen molar-refractivity contribution < 1.29 is 33.8 Å². The molecule has 0 bridgehead atoms. The standard InChI is InChI=1S/C28H41N5O3.C15H24N2O2.C12H18N4O2/c1-19-15-22(18-32-27(35)36-28(3,4)5)16-20(2)23(19)7-8-24(34)25-26(30-12-11-29-25)31-17-21-9-13-33(6)14-10-21;1-10-6-12(7-11(2)13(10)8-16)9-17-14(18)19-15(3,4)5;1-16-6-2-9(3-7-16)8-15-11-10(12(17)18)13-4-5-14-11/h11-12,15-16,21H,7-10,13-14,17-18H2,1-6H3,(H,30,31)(H,32,35);6-7H,8-9,16H2,1-5H3,(H,17,18);4-5,9H,2-3,6-8H2,1H3,(H,14,15)(H,17,18). The molecule has 2 aliphatic rings. The summed E-state index contributed by atoms with van der Waals surface area (Å²) < 4.78 is 10.5. The summed E-state index contributed by atoms with van der Waals surface area (Å²) in [5, 5.41) is 21.0. The van der Waals surface area contributed by atoms with E-state index in [2.05, 4.69) is 77.2 Å². The molecule has 18 nitrogen and oxygen atoms in total. The van der Waals surface area contributed by atoms with Gasteiger partial charge in [0.1, 0.15) is 16.9 Å². The molecule has 2 aromatic heterocycles. The third-order valence-electron chi connectivity index (χ3n) is 12.6. The summed E-state index contributed by atoms with van der Waals surface area (Å²) in [4.78, 5) is 68.9. The van der Waals surface area contributed by atoms with Crippen LogP contribution < -0.4 is 27.0 Å². The third kappa shape index (κ3) is 21.0. The average molecular weight is 1010 g/mol. The van der Waals surface area contributed by atoms with Crippen molar-refractivity contribution in [3.63, 3.8) is 0 Å². The number of hydrogen-bond donors (Lipinski definition) is 6. The molecule has 0 aliphatic carbocycles. The fraction of sp³-hybridized carbons (Fsp3) is 0.564. The Balaban J connectivity index is 0.000000262. The number of nitrogens with two attached hydrogens (primary N) is 1. The van der Waals surface area contributed by atoms with Crippen LogP contribution in [0.5, 0.6) is 0 Å². The van der Waals surface area contributed by atoms with Crippen LogP contribution in [0.2, 0.25) is 0 Å². The number of Topliss-reactive ketones (excluding diaryl/α,β-unsaturated/α-hetero) is 1. The topological polar surface area (TPSA) is 239 Å². The predicted molar refractivity (Wildman–Crippen MR) is 287 cm³/mol. The number of rotatable bonds is 16. The molecule has 73 heavy (non-hydrogen) atoms. The maximum absolute atomic E-state index is 13.1. The van der Waals surface area contributed by atoms with Gasteiger partial charge in [0, 0.05) is 63.9 Å². The number of hydrogen-bond acceptors (Lipinski definition) is 15. The van der Waals surface area contributed by atoms with Gasteiger partial charge in [-0.15, -0.1) is 0 Å². The monoisotopic (exact) mass is 1010 g/mol. The molecule has 0 unspecified atom stereocenters. The summed E-state index contributed by atoms with van der Waals surface area (Å²) in [5.41, 5.74) is 14.0. The lowest BCUT2D eigenvalue weighted by molar-refractivity contribution is 0.0512. The Morgan fingerprint density at radius 3 is 1.37 bits per heavy atom. The highest BCUT2D eigenvalue weighted by atomic mass is 16.6. The van der Waals surface area contributed by atoms with Crippen LogP contribution in [-0.2, 0) is 35.5 Å². The zero-order chi connectivity index (χ0) is 53.9. The Bertz CT molecular complexity index is 2390. The number of carbonyl (C=O) groups is 4. The number of aryl methyl sites for hydroxylation is 4. The van der Waals surface area contributed by atoms with E-state index in [-0.39, 0.29) is 11.5 Å². The van der Waals surface area contributed by atoms with Gasteiger partial charge in [-0.25, -0.2) is 34.3 Å². The maximum Gasteiger partial charge on any atom is 0.407 e. The highest BCUT2D eigenvalue weighted by molar-refractivity contribution is 5.98. The van der Waals surface area contributed by atoms with Crippen molar-refractivity contribution in [2.45, 2.75) is 139 Å². The van der Waals surface area contributed by atoms with Crippen molar-refractivity contribution in [1.29, 1.82) is 0 Å². The molecule has 0 spiro atoms. The molecule has 2 fully saturated rings. The van der Waals surface area contributed by atoms with Crippen molar-refractivity contribution in [2.75, 3.05) is 64.0 Å². The molecule has 2 aliphatic heterocycles. The molecular weight excluding hydrogens is 927 g/mol. The van der Waals surface area contributed by atoms with Gasteiger partial charge in [0.15, 0.2) is 23.1 Å². The molecule has 0 atom stereocenters. The molecule has 0 radical (unpaired) electrons. The average Bonchev–Trinajstić information content (AvgIpc) is 3.31. The highest BCUT2D eigenvalue weighted by Gasteiger charge is 2.22. The fourth-order valence-electron chi connectivity index (χ4n) is 8.73. The number of aromatic nitrogens is 4. The van der Waals surface area contributed by atoms with Crippen LogP contribution in [0.25, 0.3) is 0 Å². The lowest BCUT2D eigenvalue weighted by Crippen LogP contribution is -2.33. The number of carbonyl (C=O) groups excluding carboxylic acids is 3. The van der Waals surface area contributed by atoms with Gasteiger partial charge in [-0.05, 0) is 198 Å². The molecule has 2 aromatic carbocycles. The number of alkyl carbamates (subject to hydrolysis) is 2. The molecule has 18 heteroatoms. The molecule has 2 amide bonds. The van der Waals surface area contributed by atoms with Crippen LogP contribution in [0.4, 0.5) is 21.2 Å². The first-order valence-corrected chi connectivity index (χ1v) is 25.5. The first-order chi connectivity index (χ1) is 34.4. The van der Waals surface area contributed by atoms with Gasteiger partial charge in [0.2, 0.25) is 0 Å². The van der Waals surface area contributed by atoms with Gasteiger partial charge in [0.05, 0.1) is 0 Å². The first kappa shape index (κ1) is 59.3. The SMILES string of the molecule is CN1CCC(CNc2nccnc2C(=O)O)CC1.Cc1cc(CNC(=O)OC(C)(C)C)cc(C)c1CCC(=O)c1nccnc1NCC1CCN(C)CC1.Cc1cc(CNC(=O)OC(C)(C)C)cc(C)c1CN. The minimum atomic E-state index is -1.05. The van der Waals surface area contributed by atoms with E-state index >= 15 is 0 Å². The summed E-state index contributed by atoms with van der Waals surface area (Å²) in [5.74, 6) is 1.05. The van der Waals surface area contributed by atoms with Crippen molar-refractivity contribution in [1.82, 2.24) is 40.4 Å². The lowest BCUT2D eigenvalue weighted by atomic mass is 9.94. The van der Waals surface area contributed by atoms with E-state index in [1.54, 1.807) is 12.4 Å². The lowest BCUT2D eigenvalue weighted by Gasteiger charge is -2.29. The number of nitrogens with zero attached hydrogens (tertiary/aromatic N) is 6. The molecule has 6 rings (SSSR count). The minimum absolute atomic E-state index is 0.00886. The number of anilines is 2. The molecule has 400 valence electrons. The molecule has 4 aromatic rings. The molecule has 0 saturated carbocycles. The van der Waals surface area contributed by atoms with Crippen LogP contribution in [0.1, 0.15) is 139 Å². The molecule has 4 heterocycles. The molecular formula is C55H83N11O7. The van der Waals surface area contributed by atoms with Crippen LogP contribution in [0, 0.1) is 39.5 Å². The van der Waals surface area contributed by atoms with Gasteiger partial charge in [-0.2, -0.15) is 0 Å². The number of amides is 2. The van der Waals surface area contributed by atoms with Crippen molar-refractivity contribution in [3.05, 3.63) is 105 Å². The normalized spacial score (nSPS) is 14.6. The number of ether oxygens (including phenoxy) is 2. The Morgan fingerprint density at radius 2 is 0.986 bits per heavy atom. The van der Waals surface area contributed by atoms with E-state index in [9.17, 15) is 19.2 Å². The number of piperidine rings is 2.